The Labute approximate surface area is 178 Å². The molecule has 0 saturated heterocycles. The summed E-state index contributed by atoms with van der Waals surface area (Å²) in [6.07, 6.45) is 7.87. The van der Waals surface area contributed by atoms with E-state index in [0.29, 0.717) is 17.9 Å². The van der Waals surface area contributed by atoms with E-state index < -0.39 is 0 Å². The number of esters is 1. The summed E-state index contributed by atoms with van der Waals surface area (Å²) in [5.41, 5.74) is 1.96. The van der Waals surface area contributed by atoms with Gasteiger partial charge in [0.15, 0.2) is 0 Å². The molecular weight excluding hydrogens is 386 g/mol. The molecular formula is C24H30ClNO3. The van der Waals surface area contributed by atoms with E-state index >= 15 is 0 Å². The number of furan rings is 1. The molecule has 1 heterocycles. The number of halogens is 1. The van der Waals surface area contributed by atoms with E-state index in [9.17, 15) is 4.79 Å². The Morgan fingerprint density at radius 1 is 1.07 bits per heavy atom. The van der Waals surface area contributed by atoms with Crippen molar-refractivity contribution in [2.75, 3.05) is 7.11 Å². The molecule has 0 unspecified atom stereocenters. The lowest BCUT2D eigenvalue weighted by Crippen LogP contribution is -2.48. The molecule has 1 N–H and O–H groups in total. The molecule has 0 amide bonds. The zero-order chi connectivity index (χ0) is 19.1. The van der Waals surface area contributed by atoms with Crippen LogP contribution in [0.5, 0.6) is 0 Å². The molecule has 0 spiro atoms. The number of hydrogen-bond acceptors (Lipinski definition) is 4. The van der Waals surface area contributed by atoms with Crippen molar-refractivity contribution in [1.82, 2.24) is 5.32 Å². The first-order valence-corrected chi connectivity index (χ1v) is 10.6. The zero-order valence-electron chi connectivity index (χ0n) is 17.0. The van der Waals surface area contributed by atoms with E-state index in [1.807, 2.05) is 24.3 Å². The Kier molecular flexibility index (Phi) is 5.76. The molecule has 5 heteroatoms. The van der Waals surface area contributed by atoms with Crippen molar-refractivity contribution in [2.24, 2.45) is 17.8 Å². The van der Waals surface area contributed by atoms with Gasteiger partial charge in [-0.2, -0.15) is 0 Å². The number of carbonyl (C=O) groups is 1. The van der Waals surface area contributed by atoms with Gasteiger partial charge in [0.1, 0.15) is 17.1 Å². The largest absolute Gasteiger partial charge is 0.465 e. The SMILES string of the molecule is COC(=O)c1cc(C23CC4CC(CC(C4)C2)C3)oc1CNCc1ccccc1.Cl. The van der Waals surface area contributed by atoms with Crippen molar-refractivity contribution < 1.29 is 13.9 Å². The van der Waals surface area contributed by atoms with Gasteiger partial charge in [-0.1, -0.05) is 30.3 Å². The van der Waals surface area contributed by atoms with Crippen molar-refractivity contribution in [2.45, 2.75) is 57.0 Å². The van der Waals surface area contributed by atoms with Crippen LogP contribution in [0.2, 0.25) is 0 Å². The smallest absolute Gasteiger partial charge is 0.341 e. The zero-order valence-corrected chi connectivity index (χ0v) is 17.8. The van der Waals surface area contributed by atoms with E-state index in [0.717, 1.165) is 30.1 Å². The van der Waals surface area contributed by atoms with E-state index in [1.165, 1.54) is 51.2 Å². The monoisotopic (exact) mass is 415 g/mol. The van der Waals surface area contributed by atoms with E-state index in [-0.39, 0.29) is 23.8 Å². The lowest BCUT2D eigenvalue weighted by Gasteiger charge is -2.55. The Morgan fingerprint density at radius 2 is 1.69 bits per heavy atom. The van der Waals surface area contributed by atoms with Crippen molar-refractivity contribution >= 4 is 18.4 Å². The van der Waals surface area contributed by atoms with Crippen LogP contribution in [-0.2, 0) is 23.2 Å². The van der Waals surface area contributed by atoms with Crippen LogP contribution < -0.4 is 5.32 Å². The van der Waals surface area contributed by atoms with E-state index in [4.69, 9.17) is 9.15 Å². The molecule has 0 atom stereocenters. The first-order chi connectivity index (χ1) is 13.6. The number of benzene rings is 1. The average molecular weight is 416 g/mol. The van der Waals surface area contributed by atoms with Crippen molar-refractivity contribution in [1.29, 1.82) is 0 Å². The second-order valence-corrected chi connectivity index (χ2v) is 9.23. The molecule has 0 aliphatic heterocycles. The van der Waals surface area contributed by atoms with Crippen molar-refractivity contribution in [3.8, 4) is 0 Å². The van der Waals surface area contributed by atoms with Crippen LogP contribution in [0.3, 0.4) is 0 Å². The maximum Gasteiger partial charge on any atom is 0.341 e. The maximum absolute atomic E-state index is 12.4. The van der Waals surface area contributed by atoms with Crippen LogP contribution >= 0.6 is 12.4 Å². The molecule has 156 valence electrons. The van der Waals surface area contributed by atoms with Crippen LogP contribution in [0.15, 0.2) is 40.8 Å². The summed E-state index contributed by atoms with van der Waals surface area (Å²) in [6.45, 7) is 1.28. The number of hydrogen-bond donors (Lipinski definition) is 1. The Hall–Kier alpha value is -1.78. The second kappa shape index (κ2) is 8.16. The fraction of sp³-hybridized carbons (Fsp3) is 0.542. The first kappa shape index (κ1) is 20.5. The summed E-state index contributed by atoms with van der Waals surface area (Å²) < 4.78 is 11.4. The third-order valence-electron chi connectivity index (χ3n) is 7.23. The predicted octanol–water partition coefficient (Wildman–Crippen LogP) is 5.25. The van der Waals surface area contributed by atoms with Crippen LogP contribution in [0.4, 0.5) is 0 Å². The van der Waals surface area contributed by atoms with E-state index in [2.05, 4.69) is 17.4 Å². The molecule has 4 fully saturated rings. The second-order valence-electron chi connectivity index (χ2n) is 9.23. The van der Waals surface area contributed by atoms with Gasteiger partial charge in [-0.15, -0.1) is 12.4 Å². The molecule has 4 saturated carbocycles. The summed E-state index contributed by atoms with van der Waals surface area (Å²) >= 11 is 0. The fourth-order valence-corrected chi connectivity index (χ4v) is 6.43. The minimum absolute atomic E-state index is 0. The summed E-state index contributed by atoms with van der Waals surface area (Å²) in [5.74, 6) is 3.99. The molecule has 29 heavy (non-hydrogen) atoms. The minimum atomic E-state index is -0.295. The average Bonchev–Trinajstić information content (AvgIpc) is 3.12. The van der Waals surface area contributed by atoms with Crippen LogP contribution in [0.25, 0.3) is 0 Å². The molecule has 1 aromatic carbocycles. The minimum Gasteiger partial charge on any atom is -0.465 e. The lowest BCUT2D eigenvalue weighted by atomic mass is 9.49. The van der Waals surface area contributed by atoms with Crippen molar-refractivity contribution in [3.05, 3.63) is 59.0 Å². The van der Waals surface area contributed by atoms with Gasteiger partial charge in [0.25, 0.3) is 0 Å². The predicted molar refractivity (Wildman–Crippen MR) is 114 cm³/mol. The molecule has 1 aromatic heterocycles. The molecule has 4 aliphatic rings. The number of methoxy groups -OCH3 is 1. The highest BCUT2D eigenvalue weighted by Gasteiger charge is 2.53. The third kappa shape index (κ3) is 3.85. The van der Waals surface area contributed by atoms with Crippen LogP contribution in [0.1, 0.15) is 66.0 Å². The van der Waals surface area contributed by atoms with Gasteiger partial charge in [0.2, 0.25) is 0 Å². The van der Waals surface area contributed by atoms with Gasteiger partial charge in [0, 0.05) is 12.0 Å². The number of rotatable bonds is 6. The van der Waals surface area contributed by atoms with Gasteiger partial charge in [0.05, 0.1) is 13.7 Å². The Balaban J connectivity index is 0.00000205. The molecule has 4 aliphatic carbocycles. The Morgan fingerprint density at radius 3 is 2.28 bits per heavy atom. The molecule has 6 rings (SSSR count). The van der Waals surface area contributed by atoms with Gasteiger partial charge < -0.3 is 14.5 Å². The van der Waals surface area contributed by atoms with Gasteiger partial charge in [-0.25, -0.2) is 4.79 Å². The maximum atomic E-state index is 12.4. The van der Waals surface area contributed by atoms with Gasteiger partial charge >= 0.3 is 5.97 Å². The highest BCUT2D eigenvalue weighted by Crippen LogP contribution is 2.61. The lowest BCUT2D eigenvalue weighted by molar-refractivity contribution is -0.0156. The highest BCUT2D eigenvalue weighted by molar-refractivity contribution is 5.90. The normalized spacial score (nSPS) is 29.5. The highest BCUT2D eigenvalue weighted by atomic mass is 35.5. The standard InChI is InChI=1S/C24H29NO3.ClH/c1-27-23(26)20-10-22(24-11-17-7-18(12-24)9-19(8-17)13-24)28-21(20)15-25-14-16-5-3-2-4-6-16;/h2-6,10,17-19,25H,7-9,11-15H2,1H3;1H. The summed E-state index contributed by atoms with van der Waals surface area (Å²) in [7, 11) is 1.45. The van der Waals surface area contributed by atoms with Gasteiger partial charge in [-0.3, -0.25) is 0 Å². The topological polar surface area (TPSA) is 51.5 Å². The van der Waals surface area contributed by atoms with Crippen molar-refractivity contribution in [3.63, 3.8) is 0 Å². The molecule has 4 bridgehead atoms. The van der Waals surface area contributed by atoms with Crippen LogP contribution in [-0.4, -0.2) is 13.1 Å². The third-order valence-corrected chi connectivity index (χ3v) is 7.23. The quantitative estimate of drug-likeness (QED) is 0.655. The summed E-state index contributed by atoms with van der Waals surface area (Å²) in [6, 6.07) is 12.3. The number of nitrogens with one attached hydrogen (secondary N) is 1. The molecule has 2 aromatic rings. The number of ether oxygens (including phenoxy) is 1. The number of carbonyl (C=O) groups excluding carboxylic acids is 1. The first-order valence-electron chi connectivity index (χ1n) is 10.6. The summed E-state index contributed by atoms with van der Waals surface area (Å²) in [5, 5.41) is 3.42. The van der Waals surface area contributed by atoms with Gasteiger partial charge in [-0.05, 0) is 67.9 Å². The van der Waals surface area contributed by atoms with Crippen LogP contribution in [0, 0.1) is 17.8 Å². The molecule has 4 nitrogen and oxygen atoms in total. The Bertz CT molecular complexity index is 825. The fourth-order valence-electron chi connectivity index (χ4n) is 6.43. The molecule has 0 radical (unpaired) electrons. The van der Waals surface area contributed by atoms with E-state index in [1.54, 1.807) is 0 Å². The summed E-state index contributed by atoms with van der Waals surface area (Å²) in [4.78, 5) is 12.4.